The van der Waals surface area contributed by atoms with Gasteiger partial charge in [-0.05, 0) is 65.5 Å². The van der Waals surface area contributed by atoms with E-state index in [0.29, 0.717) is 5.92 Å². The van der Waals surface area contributed by atoms with E-state index in [9.17, 15) is 4.79 Å². The third-order valence-electron chi connectivity index (χ3n) is 3.98. The zero-order valence-electron chi connectivity index (χ0n) is 14.5. The predicted molar refractivity (Wildman–Crippen MR) is 88.7 cm³/mol. The lowest BCUT2D eigenvalue weighted by Gasteiger charge is -2.34. The number of hydrogen-bond acceptors (Lipinski definition) is 3. The maximum Gasteiger partial charge on any atom is 0.410 e. The first-order valence-corrected chi connectivity index (χ1v) is 8.13. The van der Waals surface area contributed by atoms with E-state index in [-0.39, 0.29) is 6.09 Å². The van der Waals surface area contributed by atoms with E-state index in [1.165, 1.54) is 11.4 Å². The molecule has 124 valence electrons. The molecule has 2 rings (SSSR count). The zero-order valence-corrected chi connectivity index (χ0v) is 14.5. The van der Waals surface area contributed by atoms with Gasteiger partial charge in [-0.2, -0.15) is 0 Å². The van der Waals surface area contributed by atoms with E-state index in [1.54, 1.807) is 0 Å². The van der Waals surface area contributed by atoms with Gasteiger partial charge in [-0.3, -0.25) is 4.68 Å². The van der Waals surface area contributed by atoms with Gasteiger partial charge in [0.1, 0.15) is 5.60 Å². The van der Waals surface area contributed by atoms with Crippen LogP contribution in [0.4, 0.5) is 4.79 Å². The monoisotopic (exact) mass is 307 g/mol. The van der Waals surface area contributed by atoms with Crippen LogP contribution in [0, 0.1) is 19.8 Å². The van der Waals surface area contributed by atoms with Crippen LogP contribution in [0.3, 0.4) is 0 Å². The number of amides is 1. The number of aryl methyl sites for hydroxylation is 2. The molecule has 0 radical (unpaired) electrons. The Hall–Kier alpha value is -1.65. The molecule has 1 aliphatic heterocycles. The van der Waals surface area contributed by atoms with Crippen LogP contribution in [0.15, 0.2) is 12.1 Å². The van der Waals surface area contributed by atoms with Crippen molar-refractivity contribution in [2.45, 2.75) is 53.1 Å². The highest BCUT2D eigenvalue weighted by atomic mass is 16.6. The van der Waals surface area contributed by atoms with Crippen LogP contribution in [0.5, 0.6) is 0 Å². The number of rotatable bonds is 3. The van der Waals surface area contributed by atoms with Crippen molar-refractivity contribution >= 4 is 6.09 Å². The van der Waals surface area contributed by atoms with E-state index in [1.807, 2.05) is 25.7 Å². The second-order valence-corrected chi connectivity index (χ2v) is 7.25. The van der Waals surface area contributed by atoms with Crippen molar-refractivity contribution in [3.63, 3.8) is 0 Å². The first kappa shape index (κ1) is 16.7. The summed E-state index contributed by atoms with van der Waals surface area (Å²) in [6.45, 7) is 12.3. The molecule has 1 N–H and O–H groups in total. The zero-order chi connectivity index (χ0) is 16.3. The van der Waals surface area contributed by atoms with E-state index >= 15 is 0 Å². The highest BCUT2D eigenvalue weighted by Gasteiger charge is 2.27. The van der Waals surface area contributed by atoms with E-state index < -0.39 is 5.60 Å². The lowest BCUT2D eigenvalue weighted by molar-refractivity contribution is 0.0171. The van der Waals surface area contributed by atoms with E-state index in [4.69, 9.17) is 4.74 Å². The molecule has 1 atom stereocenters. The molecule has 1 fully saturated rings. The number of nitrogens with zero attached hydrogens (tertiary/aromatic N) is 2. The van der Waals surface area contributed by atoms with Gasteiger partial charge in [0.25, 0.3) is 0 Å². The Morgan fingerprint density at radius 3 is 2.55 bits per heavy atom. The third kappa shape index (κ3) is 4.42. The Labute approximate surface area is 133 Å². The summed E-state index contributed by atoms with van der Waals surface area (Å²) in [5, 5.41) is 0. The molecule has 5 nitrogen and oxygen atoms in total. The Bertz CT molecular complexity index is 497. The van der Waals surface area contributed by atoms with E-state index in [0.717, 1.165) is 32.5 Å². The van der Waals surface area contributed by atoms with Gasteiger partial charge < -0.3 is 15.1 Å². The number of hydrogen-bond donors (Lipinski definition) is 1. The van der Waals surface area contributed by atoms with Crippen LogP contribution in [0.2, 0.25) is 0 Å². The molecule has 2 heterocycles. The fourth-order valence-corrected chi connectivity index (χ4v) is 2.86. The van der Waals surface area contributed by atoms with Crippen molar-refractivity contribution in [1.29, 1.82) is 0 Å². The van der Waals surface area contributed by atoms with Gasteiger partial charge >= 0.3 is 6.09 Å². The number of carbonyl (C=O) groups excluding carboxylic acids is 1. The van der Waals surface area contributed by atoms with Crippen molar-refractivity contribution in [2.75, 3.05) is 25.1 Å². The minimum absolute atomic E-state index is 0.189. The van der Waals surface area contributed by atoms with Gasteiger partial charge in [0.05, 0.1) is 0 Å². The average molecular weight is 307 g/mol. The normalized spacial score (nSPS) is 19.1. The molecule has 22 heavy (non-hydrogen) atoms. The SMILES string of the molecule is Cc1ccc(C)n1NCC1CCCN(C(=O)OC(C)(C)C)C1. The number of carbonyl (C=O) groups is 1. The summed E-state index contributed by atoms with van der Waals surface area (Å²) in [5.74, 6) is 0.461. The maximum atomic E-state index is 12.2. The molecule has 1 aromatic heterocycles. The van der Waals surface area contributed by atoms with Crippen LogP contribution in [0.1, 0.15) is 45.0 Å². The molecular weight excluding hydrogens is 278 g/mol. The number of likely N-dealkylation sites (tertiary alicyclic amines) is 1. The summed E-state index contributed by atoms with van der Waals surface area (Å²) < 4.78 is 7.59. The number of nitrogens with one attached hydrogen (secondary N) is 1. The van der Waals surface area contributed by atoms with Gasteiger partial charge in [-0.15, -0.1) is 0 Å². The van der Waals surface area contributed by atoms with Gasteiger partial charge in [-0.25, -0.2) is 4.79 Å². The molecule has 0 aromatic carbocycles. The molecule has 1 saturated heterocycles. The van der Waals surface area contributed by atoms with Crippen molar-refractivity contribution in [3.8, 4) is 0 Å². The summed E-state index contributed by atoms with van der Waals surface area (Å²) in [7, 11) is 0. The highest BCUT2D eigenvalue weighted by molar-refractivity contribution is 5.68. The summed E-state index contributed by atoms with van der Waals surface area (Å²) in [6, 6.07) is 4.21. The maximum absolute atomic E-state index is 12.2. The molecule has 5 heteroatoms. The molecule has 1 aromatic rings. The lowest BCUT2D eigenvalue weighted by Crippen LogP contribution is -2.44. The van der Waals surface area contributed by atoms with Gasteiger partial charge in [-0.1, -0.05) is 0 Å². The Morgan fingerprint density at radius 2 is 1.95 bits per heavy atom. The lowest BCUT2D eigenvalue weighted by atomic mass is 9.98. The number of aromatic nitrogens is 1. The summed E-state index contributed by atoms with van der Waals surface area (Å²) in [5.41, 5.74) is 5.46. The summed E-state index contributed by atoms with van der Waals surface area (Å²) in [6.07, 6.45) is 1.99. The van der Waals surface area contributed by atoms with Crippen molar-refractivity contribution in [1.82, 2.24) is 9.58 Å². The minimum atomic E-state index is -0.429. The van der Waals surface area contributed by atoms with Crippen LogP contribution in [-0.2, 0) is 4.74 Å². The molecule has 1 unspecified atom stereocenters. The first-order chi connectivity index (χ1) is 10.3. The highest BCUT2D eigenvalue weighted by Crippen LogP contribution is 2.19. The Balaban J connectivity index is 1.87. The second kappa shape index (κ2) is 6.63. The van der Waals surface area contributed by atoms with Crippen LogP contribution >= 0.6 is 0 Å². The summed E-state index contributed by atoms with van der Waals surface area (Å²) in [4.78, 5) is 14.0. The second-order valence-electron chi connectivity index (χ2n) is 7.25. The van der Waals surface area contributed by atoms with Crippen molar-refractivity contribution in [2.24, 2.45) is 5.92 Å². The molecule has 1 amide bonds. The largest absolute Gasteiger partial charge is 0.444 e. The van der Waals surface area contributed by atoms with Crippen LogP contribution in [-0.4, -0.2) is 40.9 Å². The first-order valence-electron chi connectivity index (χ1n) is 8.13. The van der Waals surface area contributed by atoms with Crippen molar-refractivity contribution in [3.05, 3.63) is 23.5 Å². The van der Waals surface area contributed by atoms with Gasteiger partial charge in [0.15, 0.2) is 0 Å². The molecular formula is C17H29N3O2. The van der Waals surface area contributed by atoms with Gasteiger partial charge in [0.2, 0.25) is 0 Å². The molecule has 0 bridgehead atoms. The number of piperidine rings is 1. The fourth-order valence-electron chi connectivity index (χ4n) is 2.86. The Morgan fingerprint density at radius 1 is 1.32 bits per heavy atom. The third-order valence-corrected chi connectivity index (χ3v) is 3.98. The molecule has 0 spiro atoms. The quantitative estimate of drug-likeness (QED) is 0.932. The topological polar surface area (TPSA) is 46.5 Å². The smallest absolute Gasteiger partial charge is 0.410 e. The van der Waals surface area contributed by atoms with Crippen molar-refractivity contribution < 1.29 is 9.53 Å². The predicted octanol–water partition coefficient (Wildman–Crippen LogP) is 3.30. The molecule has 1 aliphatic rings. The molecule has 0 saturated carbocycles. The Kier molecular flexibility index (Phi) is 5.04. The minimum Gasteiger partial charge on any atom is -0.444 e. The van der Waals surface area contributed by atoms with Crippen LogP contribution in [0.25, 0.3) is 0 Å². The standard InChI is InChI=1S/C17H29N3O2/c1-13-8-9-14(2)20(13)18-11-15-7-6-10-19(12-15)16(21)22-17(3,4)5/h8-9,15,18H,6-7,10-12H2,1-5H3. The van der Waals surface area contributed by atoms with E-state index in [2.05, 4.69) is 36.1 Å². The summed E-state index contributed by atoms with van der Waals surface area (Å²) >= 11 is 0. The average Bonchev–Trinajstić information content (AvgIpc) is 2.74. The fraction of sp³-hybridized carbons (Fsp3) is 0.706. The molecule has 0 aliphatic carbocycles. The van der Waals surface area contributed by atoms with Crippen LogP contribution < -0.4 is 5.43 Å². The van der Waals surface area contributed by atoms with Gasteiger partial charge in [0, 0.05) is 31.0 Å². The number of ether oxygens (including phenoxy) is 1.